The van der Waals surface area contributed by atoms with E-state index in [1.807, 2.05) is 0 Å². The number of rotatable bonds is 5. The summed E-state index contributed by atoms with van der Waals surface area (Å²) in [4.78, 5) is 2.32. The van der Waals surface area contributed by atoms with Crippen molar-refractivity contribution in [1.29, 1.82) is 0 Å². The number of nitrogens with zero attached hydrogens (tertiary/aromatic N) is 1. The van der Waals surface area contributed by atoms with Crippen LogP contribution in [0.25, 0.3) is 0 Å². The molecule has 2 heterocycles. The largest absolute Gasteiger partial charge is 0.494 e. The summed E-state index contributed by atoms with van der Waals surface area (Å²) in [6.45, 7) is 2.93. The maximum absolute atomic E-state index is 14.4. The van der Waals surface area contributed by atoms with Crippen LogP contribution in [-0.4, -0.2) is 37.7 Å². The van der Waals surface area contributed by atoms with Crippen molar-refractivity contribution in [3.05, 3.63) is 65.0 Å². The maximum Gasteiger partial charge on any atom is 0.165 e. The summed E-state index contributed by atoms with van der Waals surface area (Å²) in [6, 6.07) is 8.92. The summed E-state index contributed by atoms with van der Waals surface area (Å²) in [5.74, 6) is -1.11. The molecule has 0 radical (unpaired) electrons. The number of nitrogens with one attached hydrogen (secondary N) is 2. The van der Waals surface area contributed by atoms with Crippen LogP contribution in [0, 0.1) is 23.4 Å². The van der Waals surface area contributed by atoms with Crippen LogP contribution in [0.5, 0.6) is 5.75 Å². The lowest BCUT2D eigenvalue weighted by Gasteiger charge is -2.37. The third-order valence-electron chi connectivity index (χ3n) is 6.07. The molecule has 0 saturated carbocycles. The third-order valence-corrected chi connectivity index (χ3v) is 6.07. The number of methoxy groups -OCH3 is 1. The molecule has 0 bridgehead atoms. The Labute approximate surface area is 169 Å². The van der Waals surface area contributed by atoms with E-state index < -0.39 is 11.6 Å². The van der Waals surface area contributed by atoms with Crippen molar-refractivity contribution in [2.75, 3.05) is 26.7 Å². The van der Waals surface area contributed by atoms with E-state index in [0.717, 1.165) is 31.5 Å². The van der Waals surface area contributed by atoms with E-state index in [4.69, 9.17) is 4.74 Å². The molecule has 7 heteroatoms. The van der Waals surface area contributed by atoms with E-state index in [2.05, 4.69) is 15.8 Å². The Bertz CT molecular complexity index is 843. The highest BCUT2D eigenvalue weighted by atomic mass is 19.1. The Balaban J connectivity index is 1.48. The molecule has 4 nitrogen and oxygen atoms in total. The number of ether oxygens (including phenoxy) is 1. The van der Waals surface area contributed by atoms with Gasteiger partial charge in [0.15, 0.2) is 11.6 Å². The molecule has 2 aliphatic rings. The number of halogens is 3. The van der Waals surface area contributed by atoms with Crippen LogP contribution < -0.4 is 15.6 Å². The predicted molar refractivity (Wildman–Crippen MR) is 105 cm³/mol. The highest BCUT2D eigenvalue weighted by Gasteiger charge is 2.39. The van der Waals surface area contributed by atoms with Crippen molar-refractivity contribution in [2.45, 2.75) is 31.3 Å². The fourth-order valence-corrected chi connectivity index (χ4v) is 4.70. The highest BCUT2D eigenvalue weighted by molar-refractivity contribution is 5.30. The molecule has 156 valence electrons. The van der Waals surface area contributed by atoms with Gasteiger partial charge in [-0.3, -0.25) is 15.8 Å². The minimum atomic E-state index is -0.489. The van der Waals surface area contributed by atoms with Gasteiger partial charge in [-0.05, 0) is 55.1 Å². The van der Waals surface area contributed by atoms with E-state index in [-0.39, 0.29) is 35.0 Å². The smallest absolute Gasteiger partial charge is 0.165 e. The van der Waals surface area contributed by atoms with Gasteiger partial charge in [0.1, 0.15) is 11.6 Å². The highest BCUT2D eigenvalue weighted by Crippen LogP contribution is 2.34. The first-order chi connectivity index (χ1) is 14.1. The van der Waals surface area contributed by atoms with E-state index in [9.17, 15) is 13.2 Å². The lowest BCUT2D eigenvalue weighted by atomic mass is 9.80. The third kappa shape index (κ3) is 4.27. The summed E-state index contributed by atoms with van der Waals surface area (Å²) in [6.07, 6.45) is 2.00. The van der Waals surface area contributed by atoms with Gasteiger partial charge in [-0.25, -0.2) is 13.2 Å². The van der Waals surface area contributed by atoms with Gasteiger partial charge < -0.3 is 4.74 Å². The van der Waals surface area contributed by atoms with Gasteiger partial charge in [0.2, 0.25) is 0 Å². The first kappa shape index (κ1) is 20.2. The molecule has 4 rings (SSSR count). The van der Waals surface area contributed by atoms with Crippen LogP contribution in [0.1, 0.15) is 29.9 Å². The van der Waals surface area contributed by atoms with Gasteiger partial charge in [0, 0.05) is 37.2 Å². The normalized spacial score (nSPS) is 25.3. The van der Waals surface area contributed by atoms with Crippen LogP contribution in [0.3, 0.4) is 0 Å². The molecular weight excluding hydrogens is 379 g/mol. The molecule has 2 aliphatic heterocycles. The van der Waals surface area contributed by atoms with Crippen molar-refractivity contribution >= 4 is 0 Å². The summed E-state index contributed by atoms with van der Waals surface area (Å²) >= 11 is 0. The Morgan fingerprint density at radius 3 is 2.66 bits per heavy atom. The van der Waals surface area contributed by atoms with Crippen molar-refractivity contribution in [2.24, 2.45) is 5.92 Å². The fraction of sp³-hybridized carbons (Fsp3) is 0.455. The number of piperidine rings is 1. The zero-order valence-electron chi connectivity index (χ0n) is 16.4. The number of hydrogen-bond donors (Lipinski definition) is 2. The Morgan fingerprint density at radius 2 is 1.90 bits per heavy atom. The molecule has 3 unspecified atom stereocenters. The molecule has 2 N–H and O–H groups in total. The first-order valence-electron chi connectivity index (χ1n) is 10.0. The quantitative estimate of drug-likeness (QED) is 0.797. The molecule has 29 heavy (non-hydrogen) atoms. The van der Waals surface area contributed by atoms with Crippen LogP contribution in [0.15, 0.2) is 36.4 Å². The monoisotopic (exact) mass is 405 g/mol. The van der Waals surface area contributed by atoms with E-state index >= 15 is 0 Å². The van der Waals surface area contributed by atoms with Gasteiger partial charge >= 0.3 is 0 Å². The number of hydrazine groups is 1. The Morgan fingerprint density at radius 1 is 1.10 bits per heavy atom. The maximum atomic E-state index is 14.4. The van der Waals surface area contributed by atoms with E-state index in [1.165, 1.54) is 31.4 Å². The van der Waals surface area contributed by atoms with Crippen molar-refractivity contribution in [3.8, 4) is 5.75 Å². The van der Waals surface area contributed by atoms with Crippen LogP contribution >= 0.6 is 0 Å². The second kappa shape index (κ2) is 8.73. The van der Waals surface area contributed by atoms with Gasteiger partial charge in [-0.1, -0.05) is 12.1 Å². The molecule has 0 spiro atoms. The molecule has 2 fully saturated rings. The topological polar surface area (TPSA) is 36.5 Å². The lowest BCUT2D eigenvalue weighted by molar-refractivity contribution is 0.139. The first-order valence-corrected chi connectivity index (χ1v) is 10.0. The number of likely N-dealkylation sites (tertiary alicyclic amines) is 1. The van der Waals surface area contributed by atoms with Gasteiger partial charge in [0.25, 0.3) is 0 Å². The van der Waals surface area contributed by atoms with Crippen molar-refractivity contribution < 1.29 is 17.9 Å². The molecule has 2 aromatic rings. The average Bonchev–Trinajstić information content (AvgIpc) is 3.19. The van der Waals surface area contributed by atoms with Gasteiger partial charge in [-0.2, -0.15) is 0 Å². The number of benzene rings is 2. The van der Waals surface area contributed by atoms with E-state index in [1.54, 1.807) is 12.1 Å². The Kier molecular flexibility index (Phi) is 6.08. The minimum absolute atomic E-state index is 0.0491. The van der Waals surface area contributed by atoms with Gasteiger partial charge in [-0.15, -0.1) is 0 Å². The molecule has 0 amide bonds. The molecule has 2 aromatic carbocycles. The second-order valence-corrected chi connectivity index (χ2v) is 7.90. The molecule has 2 saturated heterocycles. The van der Waals surface area contributed by atoms with Crippen molar-refractivity contribution in [3.63, 3.8) is 0 Å². The molecular formula is C22H26F3N3O. The molecule has 0 aliphatic carbocycles. The summed E-state index contributed by atoms with van der Waals surface area (Å²) < 4.78 is 47.5. The SMILES string of the molecule is COc1cc(CN2CCCC(C3NNCC3c3c(F)cccc3F)C2)ccc1F. The van der Waals surface area contributed by atoms with Crippen LogP contribution in [-0.2, 0) is 6.54 Å². The predicted octanol–water partition coefficient (Wildman–Crippen LogP) is 3.58. The van der Waals surface area contributed by atoms with Gasteiger partial charge in [0.05, 0.1) is 7.11 Å². The van der Waals surface area contributed by atoms with E-state index in [0.29, 0.717) is 13.1 Å². The zero-order chi connectivity index (χ0) is 20.4. The zero-order valence-corrected chi connectivity index (χ0v) is 16.4. The minimum Gasteiger partial charge on any atom is -0.494 e. The average molecular weight is 405 g/mol. The fourth-order valence-electron chi connectivity index (χ4n) is 4.70. The summed E-state index contributed by atoms with van der Waals surface area (Å²) in [5.41, 5.74) is 7.51. The summed E-state index contributed by atoms with van der Waals surface area (Å²) in [7, 11) is 1.46. The molecule has 3 atom stereocenters. The second-order valence-electron chi connectivity index (χ2n) is 7.90. The molecule has 0 aromatic heterocycles. The van der Waals surface area contributed by atoms with Crippen LogP contribution in [0.4, 0.5) is 13.2 Å². The van der Waals surface area contributed by atoms with Crippen LogP contribution in [0.2, 0.25) is 0 Å². The lowest BCUT2D eigenvalue weighted by Crippen LogP contribution is -2.46. The number of hydrogen-bond acceptors (Lipinski definition) is 4. The van der Waals surface area contributed by atoms with Crippen molar-refractivity contribution in [1.82, 2.24) is 15.8 Å². The standard InChI is InChI=1S/C22H26F3N3O/c1-29-20-10-14(7-8-17(20)23)12-28-9-3-4-15(13-28)22-16(11-26-27-22)21-18(24)5-2-6-19(21)25/h2,5-8,10,15-16,22,26-27H,3-4,9,11-13H2,1H3. The summed E-state index contributed by atoms with van der Waals surface area (Å²) in [5, 5.41) is 0. The Hall–Kier alpha value is -2.09.